The van der Waals surface area contributed by atoms with Gasteiger partial charge in [-0.3, -0.25) is 0 Å². The Labute approximate surface area is 166 Å². The van der Waals surface area contributed by atoms with Gasteiger partial charge >= 0.3 is 0 Å². The lowest BCUT2D eigenvalue weighted by Crippen LogP contribution is -2.18. The van der Waals surface area contributed by atoms with Crippen molar-refractivity contribution in [3.8, 4) is 11.5 Å². The summed E-state index contributed by atoms with van der Waals surface area (Å²) in [5, 5.41) is 11.0. The van der Waals surface area contributed by atoms with Crippen molar-refractivity contribution in [2.24, 2.45) is 5.92 Å². The molecule has 0 radical (unpaired) electrons. The lowest BCUT2D eigenvalue weighted by Gasteiger charge is -2.32. The first-order valence-corrected chi connectivity index (χ1v) is 11.6. The van der Waals surface area contributed by atoms with Crippen molar-refractivity contribution in [2.75, 3.05) is 13.8 Å². The van der Waals surface area contributed by atoms with Crippen molar-refractivity contribution in [3.05, 3.63) is 47.1 Å². The van der Waals surface area contributed by atoms with Gasteiger partial charge in [0, 0.05) is 25.3 Å². The van der Waals surface area contributed by atoms with Crippen LogP contribution in [0.15, 0.2) is 35.9 Å². The highest BCUT2D eigenvalue weighted by atomic mass is 31.2. The van der Waals surface area contributed by atoms with Crippen LogP contribution in [0.25, 0.3) is 0 Å². The third-order valence-corrected chi connectivity index (χ3v) is 6.41. The maximum absolute atomic E-state index is 11.0. The Morgan fingerprint density at radius 1 is 1.33 bits per heavy atom. The van der Waals surface area contributed by atoms with Crippen LogP contribution in [0.4, 0.5) is 0 Å². The van der Waals surface area contributed by atoms with Gasteiger partial charge in [-0.2, -0.15) is 0 Å². The second-order valence-corrected chi connectivity index (χ2v) is 9.15. The molecular weight excluding hydrogens is 355 g/mol. The van der Waals surface area contributed by atoms with E-state index in [1.165, 1.54) is 18.4 Å². The van der Waals surface area contributed by atoms with Gasteiger partial charge in [0.25, 0.3) is 0 Å². The number of benzene rings is 1. The number of rotatable bonds is 9. The molecule has 1 aromatic rings. The van der Waals surface area contributed by atoms with Gasteiger partial charge in [-0.05, 0) is 63.1 Å². The van der Waals surface area contributed by atoms with Gasteiger partial charge in [-0.1, -0.05) is 43.6 Å². The largest absolute Gasteiger partial charge is 0.507 e. The molecule has 3 nitrogen and oxygen atoms in total. The molecule has 150 valence electrons. The molecule has 2 rings (SSSR count). The van der Waals surface area contributed by atoms with Crippen LogP contribution in [0.3, 0.4) is 0 Å². The Balaban J connectivity index is 2.48. The summed E-state index contributed by atoms with van der Waals surface area (Å²) in [6, 6.07) is 4.03. The molecule has 1 aromatic carbocycles. The maximum Gasteiger partial charge on any atom is 0.226 e. The van der Waals surface area contributed by atoms with E-state index in [0.29, 0.717) is 11.7 Å². The van der Waals surface area contributed by atoms with E-state index in [2.05, 4.69) is 39.5 Å². The average molecular weight is 391 g/mol. The molecule has 0 bridgehead atoms. The van der Waals surface area contributed by atoms with E-state index in [0.717, 1.165) is 48.1 Å². The number of unbranched alkanes of at least 4 members (excludes halogenated alkanes) is 2. The Bertz CT molecular complexity index is 680. The summed E-state index contributed by atoms with van der Waals surface area (Å²) < 4.78 is 11.6. The van der Waals surface area contributed by atoms with Gasteiger partial charge in [-0.25, -0.2) is 0 Å². The molecular formula is C23H35O3P. The van der Waals surface area contributed by atoms with Crippen LogP contribution in [0.2, 0.25) is 0 Å². The summed E-state index contributed by atoms with van der Waals surface area (Å²) in [7, 11) is 0.637. The number of aromatic hydroxyl groups is 1. The summed E-state index contributed by atoms with van der Waals surface area (Å²) in [6.45, 7) is 12.6. The monoisotopic (exact) mass is 390 g/mol. The quantitative estimate of drug-likeness (QED) is 0.277. The zero-order valence-corrected chi connectivity index (χ0v) is 18.4. The van der Waals surface area contributed by atoms with Crippen molar-refractivity contribution in [3.63, 3.8) is 0 Å². The van der Waals surface area contributed by atoms with Crippen molar-refractivity contribution in [1.29, 1.82) is 0 Å². The Kier molecular flexibility index (Phi) is 8.38. The molecule has 3 unspecified atom stereocenters. The van der Waals surface area contributed by atoms with E-state index >= 15 is 0 Å². The maximum atomic E-state index is 11.0. The predicted molar refractivity (Wildman–Crippen MR) is 116 cm³/mol. The van der Waals surface area contributed by atoms with Crippen LogP contribution in [0.1, 0.15) is 69.9 Å². The highest BCUT2D eigenvalue weighted by Crippen LogP contribution is 2.49. The molecule has 0 aliphatic heterocycles. The minimum atomic E-state index is -1.03. The van der Waals surface area contributed by atoms with Gasteiger partial charge in [0.1, 0.15) is 11.5 Å². The van der Waals surface area contributed by atoms with Crippen LogP contribution < -0.4 is 4.52 Å². The second-order valence-electron chi connectivity index (χ2n) is 7.73. The Hall–Kier alpha value is -1.31. The van der Waals surface area contributed by atoms with E-state index in [4.69, 9.17) is 9.05 Å². The van der Waals surface area contributed by atoms with Gasteiger partial charge < -0.3 is 14.2 Å². The van der Waals surface area contributed by atoms with Crippen LogP contribution in [0, 0.1) is 5.92 Å². The summed E-state index contributed by atoms with van der Waals surface area (Å²) in [6.07, 6.45) is 8.88. The first-order valence-electron chi connectivity index (χ1n) is 10.0. The van der Waals surface area contributed by atoms with Crippen LogP contribution in [-0.4, -0.2) is 18.9 Å². The molecule has 0 amide bonds. The molecule has 1 aliphatic carbocycles. The number of aryl methyl sites for hydroxylation is 1. The van der Waals surface area contributed by atoms with E-state index in [1.54, 1.807) is 7.11 Å². The topological polar surface area (TPSA) is 38.7 Å². The fraction of sp³-hybridized carbons (Fsp3) is 0.565. The zero-order valence-electron chi connectivity index (χ0n) is 17.5. The first-order chi connectivity index (χ1) is 12.9. The van der Waals surface area contributed by atoms with Crippen molar-refractivity contribution in [2.45, 2.75) is 65.2 Å². The number of phenolic OH excluding ortho intramolecular Hbond substituents is 1. The fourth-order valence-corrected chi connectivity index (χ4v) is 4.39. The summed E-state index contributed by atoms with van der Waals surface area (Å²) in [4.78, 5) is 0. The molecule has 1 aliphatic rings. The van der Waals surface area contributed by atoms with E-state index < -0.39 is 8.38 Å². The molecule has 0 spiro atoms. The second kappa shape index (κ2) is 10.3. The Morgan fingerprint density at radius 3 is 2.70 bits per heavy atom. The van der Waals surface area contributed by atoms with Crippen molar-refractivity contribution >= 4 is 8.38 Å². The highest BCUT2D eigenvalue weighted by molar-refractivity contribution is 7.46. The summed E-state index contributed by atoms with van der Waals surface area (Å²) in [5.74, 6) is 1.51. The van der Waals surface area contributed by atoms with Gasteiger partial charge in [-0.15, -0.1) is 0 Å². The Morgan fingerprint density at radius 2 is 2.07 bits per heavy atom. The number of phenols is 1. The molecule has 3 atom stereocenters. The molecule has 27 heavy (non-hydrogen) atoms. The van der Waals surface area contributed by atoms with Crippen LogP contribution in [0.5, 0.6) is 11.5 Å². The lowest BCUT2D eigenvalue weighted by atomic mass is 9.73. The highest BCUT2D eigenvalue weighted by Gasteiger charge is 2.31. The molecule has 0 saturated carbocycles. The normalized spacial score (nSPS) is 20.9. The number of hydrogen-bond donors (Lipinski definition) is 1. The number of allylic oxidation sites excluding steroid dienone is 3. The van der Waals surface area contributed by atoms with Gasteiger partial charge in [0.05, 0.1) is 0 Å². The third kappa shape index (κ3) is 5.83. The predicted octanol–water partition coefficient (Wildman–Crippen LogP) is 7.11. The standard InChI is InChI=1S/C23H35O3P/c1-7-8-9-10-18-14-21(24)23(22(15-18)26-27(6)25-5)20-13-17(4)11-12-19(20)16(2)3/h13-15,19-20,24H,2,7-12H2,1,3-6H3. The number of hydrogen-bond acceptors (Lipinski definition) is 3. The molecule has 0 heterocycles. The van der Waals surface area contributed by atoms with Crippen LogP contribution in [-0.2, 0) is 10.9 Å². The van der Waals surface area contributed by atoms with Crippen molar-refractivity contribution in [1.82, 2.24) is 0 Å². The van der Waals surface area contributed by atoms with Crippen molar-refractivity contribution < 1.29 is 14.2 Å². The summed E-state index contributed by atoms with van der Waals surface area (Å²) >= 11 is 0. The first kappa shape index (κ1) is 22.0. The summed E-state index contributed by atoms with van der Waals surface area (Å²) in [5.41, 5.74) is 4.53. The van der Waals surface area contributed by atoms with E-state index in [1.807, 2.05) is 12.7 Å². The van der Waals surface area contributed by atoms with E-state index in [9.17, 15) is 5.11 Å². The zero-order chi connectivity index (χ0) is 20.0. The molecule has 1 N–H and O–H groups in total. The molecule has 0 saturated heterocycles. The lowest BCUT2D eigenvalue weighted by molar-refractivity contribution is 0.389. The molecule has 0 aromatic heterocycles. The smallest absolute Gasteiger partial charge is 0.226 e. The van der Waals surface area contributed by atoms with Gasteiger partial charge in [0.15, 0.2) is 0 Å². The minimum absolute atomic E-state index is 0.0937. The van der Waals surface area contributed by atoms with Gasteiger partial charge in [0.2, 0.25) is 8.38 Å². The van der Waals surface area contributed by atoms with Crippen LogP contribution >= 0.6 is 8.38 Å². The van der Waals surface area contributed by atoms with E-state index in [-0.39, 0.29) is 5.92 Å². The molecule has 0 fully saturated rings. The average Bonchev–Trinajstić information content (AvgIpc) is 2.61. The SMILES string of the molecule is C=C(C)C1CCC(C)=CC1c1c(O)cc(CCCCC)cc1OP(C)OC. The fourth-order valence-electron chi connectivity index (χ4n) is 3.88. The third-order valence-electron chi connectivity index (χ3n) is 5.45. The minimum Gasteiger partial charge on any atom is -0.507 e. The molecule has 4 heteroatoms.